The van der Waals surface area contributed by atoms with Gasteiger partial charge < -0.3 is 15.6 Å². The molecule has 0 radical (unpaired) electrons. The summed E-state index contributed by atoms with van der Waals surface area (Å²) < 4.78 is 0. The number of hydrogen-bond acceptors (Lipinski definition) is 5. The molecule has 0 aliphatic heterocycles. The van der Waals surface area contributed by atoms with Crippen LogP contribution in [0.5, 0.6) is 0 Å². The monoisotopic (exact) mass is 271 g/mol. The fourth-order valence-electron chi connectivity index (χ4n) is 1.28. The van der Waals surface area contributed by atoms with Crippen LogP contribution in [-0.2, 0) is 0 Å². The van der Waals surface area contributed by atoms with Crippen molar-refractivity contribution in [2.24, 2.45) is 5.84 Å². The highest BCUT2D eigenvalue weighted by Crippen LogP contribution is 2.15. The van der Waals surface area contributed by atoms with Crippen molar-refractivity contribution in [3.63, 3.8) is 0 Å². The van der Waals surface area contributed by atoms with Crippen LogP contribution < -0.4 is 16.6 Å². The molecule has 1 amide bonds. The van der Waals surface area contributed by atoms with Gasteiger partial charge in [-0.25, -0.2) is 10.8 Å². The maximum Gasteiger partial charge on any atom is 0.271 e. The highest BCUT2D eigenvalue weighted by molar-refractivity contribution is 6.33. The Bertz CT molecular complexity index is 412. The van der Waals surface area contributed by atoms with Crippen molar-refractivity contribution < 1.29 is 4.79 Å². The maximum atomic E-state index is 11.9. The van der Waals surface area contributed by atoms with Crippen LogP contribution in [0, 0.1) is 0 Å². The Hall–Kier alpha value is -1.37. The van der Waals surface area contributed by atoms with Gasteiger partial charge >= 0.3 is 0 Å². The second-order valence-corrected chi connectivity index (χ2v) is 4.23. The topological polar surface area (TPSA) is 83.3 Å². The lowest BCUT2D eigenvalue weighted by Crippen LogP contribution is -2.33. The zero-order valence-corrected chi connectivity index (χ0v) is 11.3. The maximum absolute atomic E-state index is 11.9. The lowest BCUT2D eigenvalue weighted by Gasteiger charge is -2.14. The van der Waals surface area contributed by atoms with E-state index in [0.29, 0.717) is 17.4 Å². The smallest absolute Gasteiger partial charge is 0.271 e. The predicted octanol–water partition coefficient (Wildman–Crippen LogP) is 0.702. The number of amides is 1. The summed E-state index contributed by atoms with van der Waals surface area (Å²) in [4.78, 5) is 18.0. The zero-order chi connectivity index (χ0) is 13.5. The van der Waals surface area contributed by atoms with Crippen molar-refractivity contribution in [1.29, 1.82) is 0 Å². The number of hydrogen-bond donors (Lipinski definition) is 3. The molecule has 0 saturated carbocycles. The summed E-state index contributed by atoms with van der Waals surface area (Å²) in [5.74, 6) is 5.33. The largest absolute Gasteiger partial charge is 0.349 e. The molecular weight excluding hydrogens is 254 g/mol. The van der Waals surface area contributed by atoms with Crippen molar-refractivity contribution in [3.8, 4) is 0 Å². The molecule has 0 saturated heterocycles. The van der Waals surface area contributed by atoms with E-state index < -0.39 is 0 Å². The Kier molecular flexibility index (Phi) is 5.84. The van der Waals surface area contributed by atoms with Crippen LogP contribution >= 0.6 is 11.6 Å². The van der Waals surface area contributed by atoms with Gasteiger partial charge in [-0.2, -0.15) is 0 Å². The first-order valence-electron chi connectivity index (χ1n) is 5.68. The number of nitrogens with two attached hydrogens (primary N) is 1. The van der Waals surface area contributed by atoms with Crippen molar-refractivity contribution in [2.45, 2.75) is 6.92 Å². The van der Waals surface area contributed by atoms with E-state index in [-0.39, 0.29) is 11.6 Å². The molecule has 0 aliphatic rings. The van der Waals surface area contributed by atoms with Crippen molar-refractivity contribution >= 4 is 23.3 Å². The quantitative estimate of drug-likeness (QED) is 0.524. The second kappa shape index (κ2) is 7.15. The van der Waals surface area contributed by atoms with Crippen LogP contribution in [0.15, 0.2) is 12.1 Å². The molecule has 100 valence electrons. The van der Waals surface area contributed by atoms with Gasteiger partial charge in [0.2, 0.25) is 0 Å². The Morgan fingerprint density at radius 1 is 1.56 bits per heavy atom. The molecule has 6 nitrogen and oxygen atoms in total. The first kappa shape index (κ1) is 14.7. The Morgan fingerprint density at radius 3 is 2.89 bits per heavy atom. The highest BCUT2D eigenvalue weighted by Gasteiger charge is 2.12. The van der Waals surface area contributed by atoms with E-state index in [1.807, 2.05) is 7.05 Å². The molecule has 0 bridgehead atoms. The van der Waals surface area contributed by atoms with Crippen LogP contribution in [0.4, 0.5) is 5.82 Å². The number of nitrogen functional groups attached to an aromatic ring is 1. The van der Waals surface area contributed by atoms with Gasteiger partial charge in [-0.05, 0) is 25.7 Å². The minimum Gasteiger partial charge on any atom is -0.349 e. The summed E-state index contributed by atoms with van der Waals surface area (Å²) in [6, 6.07) is 3.18. The summed E-state index contributed by atoms with van der Waals surface area (Å²) in [7, 11) is 1.98. The number of carbonyl (C=O) groups is 1. The fourth-order valence-corrected chi connectivity index (χ4v) is 1.47. The number of anilines is 1. The number of nitrogens with one attached hydrogen (secondary N) is 2. The molecule has 0 spiro atoms. The number of rotatable bonds is 6. The molecule has 4 N–H and O–H groups in total. The number of hydrazine groups is 1. The minimum atomic E-state index is -0.304. The van der Waals surface area contributed by atoms with E-state index in [4.69, 9.17) is 17.4 Å². The SMILES string of the molecule is CCN(C)CCNC(=O)c1nc(NN)ccc1Cl. The van der Waals surface area contributed by atoms with Crippen LogP contribution in [-0.4, -0.2) is 42.5 Å². The Morgan fingerprint density at radius 2 is 2.28 bits per heavy atom. The van der Waals surface area contributed by atoms with Crippen LogP contribution in [0.3, 0.4) is 0 Å². The van der Waals surface area contributed by atoms with E-state index in [9.17, 15) is 4.79 Å². The first-order valence-corrected chi connectivity index (χ1v) is 6.06. The summed E-state index contributed by atoms with van der Waals surface area (Å²) in [6.07, 6.45) is 0. The number of carbonyl (C=O) groups excluding carboxylic acids is 1. The average Bonchev–Trinajstić information content (AvgIpc) is 2.38. The predicted molar refractivity (Wildman–Crippen MR) is 72.6 cm³/mol. The lowest BCUT2D eigenvalue weighted by molar-refractivity contribution is 0.0945. The summed E-state index contributed by atoms with van der Waals surface area (Å²) in [6.45, 7) is 4.30. The Balaban J connectivity index is 2.61. The third-order valence-electron chi connectivity index (χ3n) is 2.53. The highest BCUT2D eigenvalue weighted by atomic mass is 35.5. The van der Waals surface area contributed by atoms with Crippen LogP contribution in [0.2, 0.25) is 5.02 Å². The van der Waals surface area contributed by atoms with Gasteiger partial charge in [0.05, 0.1) is 5.02 Å². The molecule has 0 fully saturated rings. The molecule has 0 aromatic carbocycles. The number of aromatic nitrogens is 1. The third kappa shape index (κ3) is 4.14. The molecule has 1 heterocycles. The molecule has 1 aromatic heterocycles. The first-order chi connectivity index (χ1) is 8.58. The Labute approximate surface area is 111 Å². The van der Waals surface area contributed by atoms with Crippen LogP contribution in [0.1, 0.15) is 17.4 Å². The van der Waals surface area contributed by atoms with Gasteiger partial charge in [0, 0.05) is 13.1 Å². The molecule has 0 atom stereocenters. The van der Waals surface area contributed by atoms with Gasteiger partial charge in [0.25, 0.3) is 5.91 Å². The van der Waals surface area contributed by atoms with E-state index in [1.54, 1.807) is 12.1 Å². The molecule has 7 heteroatoms. The third-order valence-corrected chi connectivity index (χ3v) is 2.83. The molecule has 1 aromatic rings. The standard InChI is InChI=1S/C11H18ClN5O/c1-3-17(2)7-6-14-11(18)10-8(12)4-5-9(15-10)16-13/h4-5H,3,6-7,13H2,1-2H3,(H,14,18)(H,15,16). The molecule has 1 rings (SSSR count). The van der Waals surface area contributed by atoms with Gasteiger partial charge in [-0.15, -0.1) is 0 Å². The summed E-state index contributed by atoms with van der Waals surface area (Å²) >= 11 is 5.91. The number of pyridine rings is 1. The van der Waals surface area contributed by atoms with E-state index >= 15 is 0 Å². The second-order valence-electron chi connectivity index (χ2n) is 3.82. The van der Waals surface area contributed by atoms with E-state index in [2.05, 4.69) is 27.6 Å². The number of halogens is 1. The molecule has 18 heavy (non-hydrogen) atoms. The minimum absolute atomic E-state index is 0.172. The lowest BCUT2D eigenvalue weighted by atomic mass is 10.3. The van der Waals surface area contributed by atoms with Gasteiger partial charge in [0.1, 0.15) is 11.5 Å². The summed E-state index contributed by atoms with van der Waals surface area (Å²) in [5, 5.41) is 3.06. The number of nitrogens with zero attached hydrogens (tertiary/aromatic N) is 2. The molecule has 0 unspecified atom stereocenters. The number of likely N-dealkylation sites (N-methyl/N-ethyl adjacent to an activating group) is 1. The zero-order valence-electron chi connectivity index (χ0n) is 10.5. The van der Waals surface area contributed by atoms with Crippen molar-refractivity contribution in [2.75, 3.05) is 32.1 Å². The van der Waals surface area contributed by atoms with E-state index in [0.717, 1.165) is 13.1 Å². The van der Waals surface area contributed by atoms with Gasteiger partial charge in [-0.3, -0.25) is 4.79 Å². The molecule has 0 aliphatic carbocycles. The normalized spacial score (nSPS) is 10.5. The molecular formula is C11H18ClN5O. The fraction of sp³-hybridized carbons (Fsp3) is 0.455. The van der Waals surface area contributed by atoms with Crippen molar-refractivity contribution in [1.82, 2.24) is 15.2 Å². The van der Waals surface area contributed by atoms with Crippen LogP contribution in [0.25, 0.3) is 0 Å². The average molecular weight is 272 g/mol. The van der Waals surface area contributed by atoms with Gasteiger partial charge in [0.15, 0.2) is 0 Å². The van der Waals surface area contributed by atoms with E-state index in [1.165, 1.54) is 0 Å². The van der Waals surface area contributed by atoms with Gasteiger partial charge in [-0.1, -0.05) is 18.5 Å². The summed E-state index contributed by atoms with van der Waals surface area (Å²) in [5.41, 5.74) is 2.55. The van der Waals surface area contributed by atoms with Crippen molar-refractivity contribution in [3.05, 3.63) is 22.8 Å².